The average molecular weight is 236 g/mol. The molecule has 17 heavy (non-hydrogen) atoms. The Bertz CT molecular complexity index is 452. The second kappa shape index (κ2) is 5.89. The van der Waals surface area contributed by atoms with Crippen LogP contribution in [0.3, 0.4) is 0 Å². The number of nitrogens with one attached hydrogen (secondary N) is 1. The highest BCUT2D eigenvalue weighted by Crippen LogP contribution is 2.05. The van der Waals surface area contributed by atoms with Gasteiger partial charge < -0.3 is 4.84 Å². The Kier molecular flexibility index (Phi) is 4.51. The van der Waals surface area contributed by atoms with Crippen LogP contribution >= 0.6 is 0 Å². The molecule has 1 rings (SSSR count). The molecular weight excluding hydrogens is 223 g/mol. The normalized spacial score (nSPS) is 11.1. The van der Waals surface area contributed by atoms with Crippen molar-refractivity contribution in [2.24, 2.45) is 5.16 Å². The summed E-state index contributed by atoms with van der Waals surface area (Å²) in [5, 5.41) is 10.8. The van der Waals surface area contributed by atoms with E-state index in [-0.39, 0.29) is 17.4 Å². The number of benzene rings is 1. The van der Waals surface area contributed by atoms with Gasteiger partial charge in [-0.3, -0.25) is 10.2 Å². The molecule has 0 atom stereocenters. The van der Waals surface area contributed by atoms with Gasteiger partial charge in [-0.2, -0.15) is 0 Å². The third-order valence-electron chi connectivity index (χ3n) is 2.05. The molecule has 1 N–H and O–H groups in total. The number of ketones is 1. The van der Waals surface area contributed by atoms with Gasteiger partial charge >= 0.3 is 0 Å². The minimum atomic E-state index is -0.403. The predicted molar refractivity (Wildman–Crippen MR) is 62.9 cm³/mol. The molecule has 1 aromatic carbocycles. The lowest BCUT2D eigenvalue weighted by Gasteiger charge is -2.01. The highest BCUT2D eigenvalue weighted by molar-refractivity contribution is 6.45. The van der Waals surface area contributed by atoms with Gasteiger partial charge in [-0.1, -0.05) is 12.1 Å². The number of rotatable bonds is 4. The molecule has 0 unspecified atom stereocenters. The summed E-state index contributed by atoms with van der Waals surface area (Å²) < 4.78 is 12.7. The maximum absolute atomic E-state index is 12.7. The number of hydrogen-bond donors (Lipinski definition) is 1. The molecule has 1 aromatic rings. The molecule has 0 aliphatic rings. The number of carbonyl (C=O) groups excluding carboxylic acids is 1. The average Bonchev–Trinajstić information content (AvgIpc) is 2.35. The molecule has 0 aliphatic carbocycles. The van der Waals surface area contributed by atoms with Crippen molar-refractivity contribution in [2.75, 3.05) is 0 Å². The first-order chi connectivity index (χ1) is 8.04. The quantitative estimate of drug-likeness (QED) is 0.378. The molecule has 4 nitrogen and oxygen atoms in total. The number of Topliss-reactive ketones (excluding diaryl/α,β-unsaturated/α-hetero) is 1. The summed E-state index contributed by atoms with van der Waals surface area (Å²) in [4.78, 5) is 16.4. The van der Waals surface area contributed by atoms with Crippen LogP contribution in [0.5, 0.6) is 0 Å². The van der Waals surface area contributed by atoms with Crippen LogP contribution < -0.4 is 0 Å². The van der Waals surface area contributed by atoms with Gasteiger partial charge in [0.15, 0.2) is 0 Å². The van der Waals surface area contributed by atoms with Crippen LogP contribution in [0.25, 0.3) is 0 Å². The first-order valence-electron chi connectivity index (χ1n) is 5.14. The first-order valence-corrected chi connectivity index (χ1v) is 5.14. The number of carbonyl (C=O) groups is 1. The van der Waals surface area contributed by atoms with Crippen molar-refractivity contribution in [3.63, 3.8) is 0 Å². The van der Waals surface area contributed by atoms with Crippen molar-refractivity contribution >= 4 is 17.4 Å². The molecule has 5 heteroatoms. The fraction of sp³-hybridized carbons (Fsp3) is 0.250. The Morgan fingerprint density at radius 2 is 2.00 bits per heavy atom. The zero-order valence-electron chi connectivity index (χ0n) is 9.66. The predicted octanol–water partition coefficient (Wildman–Crippen LogP) is 2.79. The number of nitrogens with zero attached hydrogens (tertiary/aromatic N) is 1. The van der Waals surface area contributed by atoms with Crippen molar-refractivity contribution in [3.05, 3.63) is 35.6 Å². The van der Waals surface area contributed by atoms with E-state index < -0.39 is 5.82 Å². The summed E-state index contributed by atoms with van der Waals surface area (Å²) >= 11 is 0. The van der Waals surface area contributed by atoms with Crippen LogP contribution in [0.1, 0.15) is 30.6 Å². The smallest absolute Gasteiger partial charge is 0.217 e. The van der Waals surface area contributed by atoms with Crippen LogP contribution in [0.2, 0.25) is 0 Å². The van der Waals surface area contributed by atoms with Gasteiger partial charge in [-0.15, -0.1) is 0 Å². The van der Waals surface area contributed by atoms with Gasteiger partial charge in [0.25, 0.3) is 0 Å². The van der Waals surface area contributed by atoms with E-state index in [0.29, 0.717) is 12.0 Å². The van der Waals surface area contributed by atoms with E-state index in [2.05, 4.69) is 5.16 Å². The van der Waals surface area contributed by atoms with Crippen LogP contribution in [0.15, 0.2) is 29.4 Å². The third-order valence-corrected chi connectivity index (χ3v) is 2.05. The molecule has 90 valence electrons. The highest BCUT2D eigenvalue weighted by atomic mass is 19.1. The van der Waals surface area contributed by atoms with Gasteiger partial charge in [-0.05, 0) is 31.2 Å². The third kappa shape index (κ3) is 3.79. The summed E-state index contributed by atoms with van der Waals surface area (Å²) in [7, 11) is 0. The van der Waals surface area contributed by atoms with E-state index in [0.717, 1.165) is 0 Å². The fourth-order valence-electron chi connectivity index (χ4n) is 1.04. The lowest BCUT2D eigenvalue weighted by molar-refractivity contribution is 0.106. The Balaban J connectivity index is 2.76. The number of hydrogen-bond acceptors (Lipinski definition) is 4. The summed E-state index contributed by atoms with van der Waals surface area (Å²) in [6.45, 7) is 3.23. The standard InChI is InChI=1S/C12H13FN2O2/c1-3-11(14)17-15-8(2)12(16)9-4-6-10(13)7-5-9/h4-7,14H,3H2,1-2H3/b14-11?,15-8+. The molecule has 0 amide bonds. The molecular formula is C12H13FN2O2. The van der Waals surface area contributed by atoms with Crippen LogP contribution in [-0.2, 0) is 4.84 Å². The van der Waals surface area contributed by atoms with Gasteiger partial charge in [0.1, 0.15) is 11.5 Å². The Morgan fingerprint density at radius 3 is 2.53 bits per heavy atom. The maximum atomic E-state index is 12.7. The van der Waals surface area contributed by atoms with Crippen LogP contribution in [-0.4, -0.2) is 17.4 Å². The number of halogens is 1. The molecule has 0 saturated carbocycles. The van der Waals surface area contributed by atoms with Gasteiger partial charge in [0.05, 0.1) is 0 Å². The second-order valence-corrected chi connectivity index (χ2v) is 3.38. The van der Waals surface area contributed by atoms with E-state index in [1.807, 2.05) is 0 Å². The van der Waals surface area contributed by atoms with Crippen molar-refractivity contribution in [1.82, 2.24) is 0 Å². The van der Waals surface area contributed by atoms with Crippen LogP contribution in [0.4, 0.5) is 4.39 Å². The topological polar surface area (TPSA) is 62.5 Å². The van der Waals surface area contributed by atoms with Gasteiger partial charge in [-0.25, -0.2) is 4.39 Å². The molecule has 0 saturated heterocycles. The monoisotopic (exact) mass is 236 g/mol. The van der Waals surface area contributed by atoms with Crippen molar-refractivity contribution < 1.29 is 14.0 Å². The fourth-order valence-corrected chi connectivity index (χ4v) is 1.04. The second-order valence-electron chi connectivity index (χ2n) is 3.38. The zero-order valence-corrected chi connectivity index (χ0v) is 9.66. The molecule has 0 bridgehead atoms. The van der Waals surface area contributed by atoms with E-state index in [1.165, 1.54) is 31.2 Å². The van der Waals surface area contributed by atoms with Crippen molar-refractivity contribution in [2.45, 2.75) is 20.3 Å². The lowest BCUT2D eigenvalue weighted by Crippen LogP contribution is -2.12. The van der Waals surface area contributed by atoms with E-state index >= 15 is 0 Å². The SMILES string of the molecule is CCC(=N)O/N=C(\C)C(=O)c1ccc(F)cc1. The van der Waals surface area contributed by atoms with E-state index in [9.17, 15) is 9.18 Å². The first kappa shape index (κ1) is 13.0. The molecule has 0 radical (unpaired) electrons. The summed E-state index contributed by atoms with van der Waals surface area (Å²) in [5.74, 6) is -0.773. The number of oxime groups is 1. The van der Waals surface area contributed by atoms with Crippen molar-refractivity contribution in [3.8, 4) is 0 Å². The molecule has 0 fully saturated rings. The van der Waals surface area contributed by atoms with Gasteiger partial charge in [0.2, 0.25) is 11.7 Å². The molecule has 0 heterocycles. The minimum absolute atomic E-state index is 0.0174. The lowest BCUT2D eigenvalue weighted by atomic mass is 10.1. The summed E-state index contributed by atoms with van der Waals surface area (Å²) in [5.41, 5.74) is 0.453. The van der Waals surface area contributed by atoms with E-state index in [1.54, 1.807) is 6.92 Å². The Labute approximate surface area is 98.6 Å². The van der Waals surface area contributed by atoms with E-state index in [4.69, 9.17) is 10.2 Å². The van der Waals surface area contributed by atoms with Gasteiger partial charge in [0, 0.05) is 12.0 Å². The minimum Gasteiger partial charge on any atom is -0.342 e. The maximum Gasteiger partial charge on any atom is 0.217 e. The zero-order chi connectivity index (χ0) is 12.8. The summed E-state index contributed by atoms with van der Waals surface area (Å²) in [6.07, 6.45) is 0.404. The van der Waals surface area contributed by atoms with Crippen LogP contribution in [0, 0.1) is 11.2 Å². The molecule has 0 aromatic heterocycles. The largest absolute Gasteiger partial charge is 0.342 e. The Hall–Kier alpha value is -2.04. The molecule has 0 spiro atoms. The summed E-state index contributed by atoms with van der Waals surface area (Å²) in [6, 6.07) is 5.16. The highest BCUT2D eigenvalue weighted by Gasteiger charge is 2.10. The van der Waals surface area contributed by atoms with Crippen molar-refractivity contribution in [1.29, 1.82) is 5.41 Å². The Morgan fingerprint density at radius 1 is 1.41 bits per heavy atom. The molecule has 0 aliphatic heterocycles.